The van der Waals surface area contributed by atoms with Crippen LogP contribution in [0.3, 0.4) is 0 Å². The predicted octanol–water partition coefficient (Wildman–Crippen LogP) is 1.40. The molecular formula is C10H10F3NO2. The van der Waals surface area contributed by atoms with Crippen molar-refractivity contribution >= 4 is 5.91 Å². The largest absolute Gasteiger partial charge is 0.416 e. The Morgan fingerprint density at radius 2 is 1.69 bits per heavy atom. The Balaban J connectivity index is 3.41. The summed E-state index contributed by atoms with van der Waals surface area (Å²) in [5, 5.41) is 9.63. The number of carbonyl (C=O) groups excluding carboxylic acids is 1. The van der Waals surface area contributed by atoms with E-state index in [0.717, 1.165) is 19.1 Å². The SMILES string of the molecule is CC(O)(C(N)=O)c1ccccc1C(F)(F)F. The van der Waals surface area contributed by atoms with E-state index in [1.54, 1.807) is 0 Å². The third-order valence-corrected chi connectivity index (χ3v) is 2.24. The highest BCUT2D eigenvalue weighted by Crippen LogP contribution is 2.36. The fourth-order valence-corrected chi connectivity index (χ4v) is 1.29. The Bertz CT molecular complexity index is 413. The molecule has 3 N–H and O–H groups in total. The van der Waals surface area contributed by atoms with Crippen LogP contribution < -0.4 is 5.73 Å². The fourth-order valence-electron chi connectivity index (χ4n) is 1.29. The van der Waals surface area contributed by atoms with Crippen LogP contribution in [0.4, 0.5) is 13.2 Å². The minimum atomic E-state index is -4.64. The number of aliphatic hydroxyl groups is 1. The minimum Gasteiger partial charge on any atom is -0.376 e. The smallest absolute Gasteiger partial charge is 0.376 e. The van der Waals surface area contributed by atoms with E-state index < -0.39 is 28.8 Å². The van der Waals surface area contributed by atoms with Crippen molar-refractivity contribution in [3.8, 4) is 0 Å². The molecule has 1 rings (SSSR count). The second-order valence-electron chi connectivity index (χ2n) is 3.48. The number of primary amides is 1. The van der Waals surface area contributed by atoms with Gasteiger partial charge in [-0.2, -0.15) is 13.2 Å². The maximum Gasteiger partial charge on any atom is 0.416 e. The summed E-state index contributed by atoms with van der Waals surface area (Å²) in [6.07, 6.45) is -4.64. The summed E-state index contributed by atoms with van der Waals surface area (Å²) in [5.74, 6) is -1.23. The molecule has 0 bridgehead atoms. The first-order chi connectivity index (χ1) is 7.17. The number of halogens is 3. The van der Waals surface area contributed by atoms with Crippen LogP contribution in [0.25, 0.3) is 0 Å². The number of carbonyl (C=O) groups is 1. The van der Waals surface area contributed by atoms with E-state index in [4.69, 9.17) is 5.73 Å². The Morgan fingerprint density at radius 1 is 1.25 bits per heavy atom. The van der Waals surface area contributed by atoms with Crippen molar-refractivity contribution in [3.05, 3.63) is 35.4 Å². The first-order valence-corrected chi connectivity index (χ1v) is 4.36. The molecule has 1 aromatic carbocycles. The lowest BCUT2D eigenvalue weighted by Crippen LogP contribution is -2.39. The van der Waals surface area contributed by atoms with E-state index in [0.29, 0.717) is 0 Å². The summed E-state index contributed by atoms with van der Waals surface area (Å²) in [7, 11) is 0. The van der Waals surface area contributed by atoms with Crippen LogP contribution in [0.5, 0.6) is 0 Å². The van der Waals surface area contributed by atoms with Crippen molar-refractivity contribution in [2.45, 2.75) is 18.7 Å². The maximum atomic E-state index is 12.6. The van der Waals surface area contributed by atoms with Crippen molar-refractivity contribution in [2.75, 3.05) is 0 Å². The van der Waals surface area contributed by atoms with Gasteiger partial charge >= 0.3 is 6.18 Å². The van der Waals surface area contributed by atoms with Crippen LogP contribution >= 0.6 is 0 Å². The summed E-state index contributed by atoms with van der Waals surface area (Å²) < 4.78 is 37.7. The molecule has 0 fully saturated rings. The zero-order valence-corrected chi connectivity index (χ0v) is 8.38. The number of hydrogen-bond acceptors (Lipinski definition) is 2. The van der Waals surface area contributed by atoms with Gasteiger partial charge in [0.05, 0.1) is 5.56 Å². The fraction of sp³-hybridized carbons (Fsp3) is 0.300. The molecule has 0 aliphatic carbocycles. The van der Waals surface area contributed by atoms with Gasteiger partial charge in [0, 0.05) is 5.56 Å². The van der Waals surface area contributed by atoms with E-state index in [1.165, 1.54) is 12.1 Å². The molecule has 88 valence electrons. The maximum absolute atomic E-state index is 12.6. The first-order valence-electron chi connectivity index (χ1n) is 4.36. The zero-order chi connectivity index (χ0) is 12.6. The third kappa shape index (κ3) is 2.16. The summed E-state index contributed by atoms with van der Waals surface area (Å²) in [4.78, 5) is 10.9. The molecule has 0 aliphatic heterocycles. The van der Waals surface area contributed by atoms with E-state index in [1.807, 2.05) is 0 Å². The normalized spacial score (nSPS) is 15.6. The van der Waals surface area contributed by atoms with Gasteiger partial charge in [0.2, 0.25) is 0 Å². The van der Waals surface area contributed by atoms with Crippen molar-refractivity contribution in [1.29, 1.82) is 0 Å². The molecule has 16 heavy (non-hydrogen) atoms. The molecule has 1 amide bonds. The first kappa shape index (κ1) is 12.5. The van der Waals surface area contributed by atoms with Crippen LogP contribution in [0, 0.1) is 0 Å². The molecule has 0 saturated heterocycles. The molecule has 1 aromatic rings. The van der Waals surface area contributed by atoms with Gasteiger partial charge in [-0.25, -0.2) is 0 Å². The van der Waals surface area contributed by atoms with Gasteiger partial charge in [-0.15, -0.1) is 0 Å². The van der Waals surface area contributed by atoms with Gasteiger partial charge in [0.1, 0.15) is 0 Å². The molecule has 3 nitrogen and oxygen atoms in total. The van der Waals surface area contributed by atoms with E-state index >= 15 is 0 Å². The van der Waals surface area contributed by atoms with E-state index in [-0.39, 0.29) is 0 Å². The molecule has 1 unspecified atom stereocenters. The highest BCUT2D eigenvalue weighted by Gasteiger charge is 2.41. The second kappa shape index (κ2) is 3.79. The van der Waals surface area contributed by atoms with Crippen LogP contribution in [-0.4, -0.2) is 11.0 Å². The van der Waals surface area contributed by atoms with Gasteiger partial charge in [0.25, 0.3) is 5.91 Å². The lowest BCUT2D eigenvalue weighted by molar-refractivity contribution is -0.144. The van der Waals surface area contributed by atoms with Gasteiger partial charge in [-0.05, 0) is 13.0 Å². The molecule has 0 aliphatic rings. The van der Waals surface area contributed by atoms with Gasteiger partial charge in [0.15, 0.2) is 5.60 Å². The quantitative estimate of drug-likeness (QED) is 0.810. The Labute approximate surface area is 89.7 Å². The number of amides is 1. The molecule has 1 atom stereocenters. The number of rotatable bonds is 2. The third-order valence-electron chi connectivity index (χ3n) is 2.24. The average molecular weight is 233 g/mol. The number of nitrogens with two attached hydrogens (primary N) is 1. The monoisotopic (exact) mass is 233 g/mol. The average Bonchev–Trinajstić information content (AvgIpc) is 2.16. The number of benzene rings is 1. The summed E-state index contributed by atoms with van der Waals surface area (Å²) >= 11 is 0. The van der Waals surface area contributed by atoms with Crippen molar-refractivity contribution in [1.82, 2.24) is 0 Å². The van der Waals surface area contributed by atoms with Gasteiger partial charge < -0.3 is 10.8 Å². The second-order valence-corrected chi connectivity index (χ2v) is 3.48. The minimum absolute atomic E-state index is 0.546. The van der Waals surface area contributed by atoms with Crippen LogP contribution in [0.2, 0.25) is 0 Å². The lowest BCUT2D eigenvalue weighted by atomic mass is 9.90. The van der Waals surface area contributed by atoms with Crippen molar-refractivity contribution in [3.63, 3.8) is 0 Å². The Kier molecular flexibility index (Phi) is 2.96. The lowest BCUT2D eigenvalue weighted by Gasteiger charge is -2.23. The number of alkyl halides is 3. The van der Waals surface area contributed by atoms with Crippen molar-refractivity contribution in [2.24, 2.45) is 5.73 Å². The highest BCUT2D eigenvalue weighted by atomic mass is 19.4. The molecule has 0 heterocycles. The van der Waals surface area contributed by atoms with E-state index in [2.05, 4.69) is 0 Å². The van der Waals surface area contributed by atoms with Crippen LogP contribution in [0.15, 0.2) is 24.3 Å². The zero-order valence-electron chi connectivity index (χ0n) is 8.38. The molecule has 0 saturated carbocycles. The summed E-state index contributed by atoms with van der Waals surface area (Å²) in [6.45, 7) is 0.930. The Hall–Kier alpha value is -1.56. The number of hydrogen-bond donors (Lipinski definition) is 2. The van der Waals surface area contributed by atoms with Crippen LogP contribution in [-0.2, 0) is 16.6 Å². The molecule has 0 spiro atoms. The highest BCUT2D eigenvalue weighted by molar-refractivity contribution is 5.84. The molecule has 0 radical (unpaired) electrons. The standard InChI is InChI=1S/C10H10F3NO2/c1-9(16,8(14)15)6-4-2-3-5-7(6)10(11,12)13/h2-5,16H,1H3,(H2,14,15). The van der Waals surface area contributed by atoms with Crippen LogP contribution in [0.1, 0.15) is 18.1 Å². The van der Waals surface area contributed by atoms with Gasteiger partial charge in [-0.3, -0.25) is 4.79 Å². The van der Waals surface area contributed by atoms with E-state index in [9.17, 15) is 23.1 Å². The predicted molar refractivity (Wildman–Crippen MR) is 50.2 cm³/mol. The summed E-state index contributed by atoms with van der Waals surface area (Å²) in [5.41, 5.74) is 0.900. The molecule has 6 heteroatoms. The molecular weight excluding hydrogens is 223 g/mol. The topological polar surface area (TPSA) is 63.3 Å². The van der Waals surface area contributed by atoms with Gasteiger partial charge in [-0.1, -0.05) is 18.2 Å². The summed E-state index contributed by atoms with van der Waals surface area (Å²) in [6, 6.07) is 4.27. The van der Waals surface area contributed by atoms with Crippen molar-refractivity contribution < 1.29 is 23.1 Å². The molecule has 0 aromatic heterocycles. The Morgan fingerprint density at radius 3 is 2.06 bits per heavy atom.